The average molecular weight is 426 g/mol. The Hall–Kier alpha value is -4.22. The summed E-state index contributed by atoms with van der Waals surface area (Å²) in [6.45, 7) is 5.66. The first-order chi connectivity index (χ1) is 15.3. The molecule has 0 bridgehead atoms. The Morgan fingerprint density at radius 2 is 1.91 bits per heavy atom. The topological polar surface area (TPSA) is 105 Å². The van der Waals surface area contributed by atoms with E-state index in [9.17, 15) is 4.79 Å². The Morgan fingerprint density at radius 1 is 1.06 bits per heavy atom. The highest BCUT2D eigenvalue weighted by Crippen LogP contribution is 2.27. The summed E-state index contributed by atoms with van der Waals surface area (Å²) >= 11 is 0. The maximum Gasteiger partial charge on any atom is 0.273 e. The summed E-state index contributed by atoms with van der Waals surface area (Å²) in [7, 11) is 0. The van der Waals surface area contributed by atoms with Crippen molar-refractivity contribution in [3.63, 3.8) is 0 Å². The SMILES string of the molecule is CC(C)(C)ONn1c(=O)cc(Nc2cccc(-c3ccc(C#N)nc3)c2)c2ccncc21. The summed E-state index contributed by atoms with van der Waals surface area (Å²) < 4.78 is 1.33. The predicted molar refractivity (Wildman–Crippen MR) is 124 cm³/mol. The van der Waals surface area contributed by atoms with Crippen LogP contribution in [-0.2, 0) is 4.84 Å². The van der Waals surface area contributed by atoms with E-state index in [1.54, 1.807) is 24.7 Å². The molecule has 1 aromatic carbocycles. The molecule has 4 aromatic rings. The van der Waals surface area contributed by atoms with Crippen LogP contribution in [0.25, 0.3) is 22.0 Å². The van der Waals surface area contributed by atoms with Gasteiger partial charge >= 0.3 is 0 Å². The molecule has 160 valence electrons. The lowest BCUT2D eigenvalue weighted by molar-refractivity contribution is 0.0135. The predicted octanol–water partition coefficient (Wildman–Crippen LogP) is 4.35. The van der Waals surface area contributed by atoms with Gasteiger partial charge in [0.1, 0.15) is 11.8 Å². The quantitative estimate of drug-likeness (QED) is 0.457. The van der Waals surface area contributed by atoms with E-state index in [-0.39, 0.29) is 5.56 Å². The Bertz CT molecular complexity index is 1360. The zero-order chi connectivity index (χ0) is 22.7. The maximum atomic E-state index is 12.8. The number of benzene rings is 1. The maximum absolute atomic E-state index is 12.8. The molecular weight excluding hydrogens is 404 g/mol. The molecule has 32 heavy (non-hydrogen) atoms. The van der Waals surface area contributed by atoms with Crippen LogP contribution in [0.5, 0.6) is 0 Å². The lowest BCUT2D eigenvalue weighted by Crippen LogP contribution is -2.35. The number of fused-ring (bicyclic) bond motifs is 1. The van der Waals surface area contributed by atoms with Crippen LogP contribution in [0, 0.1) is 11.3 Å². The fourth-order valence-corrected chi connectivity index (χ4v) is 3.12. The number of pyridine rings is 3. The van der Waals surface area contributed by atoms with Crippen LogP contribution in [0.1, 0.15) is 26.5 Å². The van der Waals surface area contributed by atoms with Crippen molar-refractivity contribution < 1.29 is 4.84 Å². The minimum absolute atomic E-state index is 0.287. The number of nitriles is 1. The molecule has 8 nitrogen and oxygen atoms in total. The molecule has 0 saturated carbocycles. The minimum Gasteiger partial charge on any atom is -0.355 e. The van der Waals surface area contributed by atoms with Crippen molar-refractivity contribution in [3.8, 4) is 17.2 Å². The largest absolute Gasteiger partial charge is 0.355 e. The van der Waals surface area contributed by atoms with E-state index in [2.05, 4.69) is 20.9 Å². The van der Waals surface area contributed by atoms with Gasteiger partial charge in [-0.1, -0.05) is 12.1 Å². The highest BCUT2D eigenvalue weighted by atomic mass is 16.7. The van der Waals surface area contributed by atoms with Crippen LogP contribution in [0.4, 0.5) is 11.4 Å². The lowest BCUT2D eigenvalue weighted by Gasteiger charge is -2.22. The Balaban J connectivity index is 1.69. The minimum atomic E-state index is -0.481. The van der Waals surface area contributed by atoms with Crippen molar-refractivity contribution in [1.29, 1.82) is 5.26 Å². The number of hydrogen-bond donors (Lipinski definition) is 2. The van der Waals surface area contributed by atoms with Gasteiger partial charge in [-0.05, 0) is 56.7 Å². The van der Waals surface area contributed by atoms with Crippen molar-refractivity contribution in [2.24, 2.45) is 0 Å². The van der Waals surface area contributed by atoms with E-state index in [0.29, 0.717) is 16.9 Å². The molecule has 0 spiro atoms. The Morgan fingerprint density at radius 3 is 2.62 bits per heavy atom. The number of aromatic nitrogens is 3. The van der Waals surface area contributed by atoms with Gasteiger partial charge in [0.25, 0.3) is 5.56 Å². The van der Waals surface area contributed by atoms with E-state index < -0.39 is 5.60 Å². The van der Waals surface area contributed by atoms with Crippen molar-refractivity contribution in [1.82, 2.24) is 14.6 Å². The molecule has 3 aromatic heterocycles. The van der Waals surface area contributed by atoms with Crippen LogP contribution >= 0.6 is 0 Å². The van der Waals surface area contributed by atoms with Gasteiger partial charge in [-0.3, -0.25) is 14.6 Å². The van der Waals surface area contributed by atoms with E-state index in [1.165, 1.54) is 10.7 Å². The molecule has 0 aliphatic carbocycles. The summed E-state index contributed by atoms with van der Waals surface area (Å²) in [5, 5.41) is 13.1. The Kier molecular flexibility index (Phi) is 5.58. The fourth-order valence-electron chi connectivity index (χ4n) is 3.12. The summed E-state index contributed by atoms with van der Waals surface area (Å²) in [6, 6.07) is 16.7. The van der Waals surface area contributed by atoms with Gasteiger partial charge in [-0.15, -0.1) is 0 Å². The summed E-state index contributed by atoms with van der Waals surface area (Å²) in [5.41, 5.74) is 6.20. The molecule has 3 heterocycles. The fraction of sp³-hybridized carbons (Fsp3) is 0.167. The van der Waals surface area contributed by atoms with Gasteiger partial charge in [0.15, 0.2) is 0 Å². The summed E-state index contributed by atoms with van der Waals surface area (Å²) in [5.74, 6) is 0. The summed E-state index contributed by atoms with van der Waals surface area (Å²) in [6.07, 6.45) is 4.95. The van der Waals surface area contributed by atoms with Gasteiger partial charge in [0, 0.05) is 35.1 Å². The van der Waals surface area contributed by atoms with Crippen molar-refractivity contribution >= 4 is 22.3 Å². The standard InChI is InChI=1S/C24H22N6O2/c1-24(2,3)32-29-30-22-15-26-10-9-20(22)21(12-23(30)31)28-18-6-4-5-16(11-18)17-7-8-19(13-25)27-14-17/h4-12,14-15,28-29H,1-3H3. The number of anilines is 2. The van der Waals surface area contributed by atoms with E-state index in [0.717, 1.165) is 22.2 Å². The van der Waals surface area contributed by atoms with Gasteiger partial charge in [-0.2, -0.15) is 15.5 Å². The first-order valence-corrected chi connectivity index (χ1v) is 10.0. The second-order valence-electron chi connectivity index (χ2n) is 8.18. The van der Waals surface area contributed by atoms with E-state index in [4.69, 9.17) is 10.1 Å². The van der Waals surface area contributed by atoms with Crippen LogP contribution in [0.3, 0.4) is 0 Å². The third-order valence-corrected chi connectivity index (χ3v) is 4.62. The number of hydrogen-bond acceptors (Lipinski definition) is 7. The molecule has 0 amide bonds. The number of nitrogens with one attached hydrogen (secondary N) is 2. The zero-order valence-electron chi connectivity index (χ0n) is 18.0. The molecule has 0 fully saturated rings. The molecule has 4 rings (SSSR count). The molecule has 0 atom stereocenters. The normalized spacial score (nSPS) is 11.2. The van der Waals surface area contributed by atoms with Gasteiger partial charge < -0.3 is 5.32 Å². The van der Waals surface area contributed by atoms with Crippen molar-refractivity contribution in [2.75, 3.05) is 10.9 Å². The molecule has 0 aliphatic rings. The molecular formula is C24H22N6O2. The molecule has 2 N–H and O–H groups in total. The van der Waals surface area contributed by atoms with Crippen molar-refractivity contribution in [3.05, 3.63) is 83.2 Å². The molecule has 0 unspecified atom stereocenters. The van der Waals surface area contributed by atoms with Gasteiger partial charge in [0.05, 0.1) is 23.0 Å². The van der Waals surface area contributed by atoms with Crippen LogP contribution in [0.15, 0.2) is 71.9 Å². The number of rotatable bonds is 5. The van der Waals surface area contributed by atoms with Crippen LogP contribution in [0.2, 0.25) is 0 Å². The molecule has 0 saturated heterocycles. The highest BCUT2D eigenvalue weighted by molar-refractivity contribution is 5.93. The average Bonchev–Trinajstić information content (AvgIpc) is 2.78. The van der Waals surface area contributed by atoms with Crippen LogP contribution < -0.4 is 16.5 Å². The van der Waals surface area contributed by atoms with E-state index >= 15 is 0 Å². The third kappa shape index (κ3) is 4.58. The smallest absolute Gasteiger partial charge is 0.273 e. The summed E-state index contributed by atoms with van der Waals surface area (Å²) in [4.78, 5) is 26.7. The molecule has 0 aliphatic heterocycles. The first kappa shape index (κ1) is 21.0. The van der Waals surface area contributed by atoms with Crippen LogP contribution in [-0.4, -0.2) is 20.2 Å². The van der Waals surface area contributed by atoms with Crippen molar-refractivity contribution in [2.45, 2.75) is 26.4 Å². The Labute approximate surface area is 185 Å². The van der Waals surface area contributed by atoms with E-state index in [1.807, 2.05) is 63.2 Å². The lowest BCUT2D eigenvalue weighted by atomic mass is 10.1. The third-order valence-electron chi connectivity index (χ3n) is 4.62. The molecule has 0 radical (unpaired) electrons. The second-order valence-corrected chi connectivity index (χ2v) is 8.18. The monoisotopic (exact) mass is 426 g/mol. The molecule has 8 heteroatoms. The zero-order valence-corrected chi connectivity index (χ0v) is 18.0. The first-order valence-electron chi connectivity index (χ1n) is 10.0. The highest BCUT2D eigenvalue weighted by Gasteiger charge is 2.14. The van der Waals surface area contributed by atoms with Gasteiger partial charge in [-0.25, -0.2) is 4.98 Å². The number of nitrogens with zero attached hydrogens (tertiary/aromatic N) is 4. The van der Waals surface area contributed by atoms with Gasteiger partial charge in [0.2, 0.25) is 0 Å². The second kappa shape index (κ2) is 8.49.